The van der Waals surface area contributed by atoms with Crippen LogP contribution in [0.25, 0.3) is 0 Å². The van der Waals surface area contributed by atoms with E-state index < -0.39 is 6.10 Å². The van der Waals surface area contributed by atoms with Gasteiger partial charge in [-0.3, -0.25) is 0 Å². The zero-order valence-corrected chi connectivity index (χ0v) is 15.8. The number of anilines is 1. The molecule has 150 valence electrons. The Hall–Kier alpha value is -3.03. The van der Waals surface area contributed by atoms with Gasteiger partial charge in [0, 0.05) is 25.3 Å². The number of aliphatic hydroxyl groups is 1. The fraction of sp³-hybridized carbons (Fsp3) is 0.286. The second kappa shape index (κ2) is 12.4. The minimum atomic E-state index is -0.689. The maximum atomic E-state index is 11.7. The Kier molecular flexibility index (Phi) is 9.40. The number of nitrogens with one attached hydrogen (secondary N) is 3. The number of ether oxygens (including phenoxy) is 2. The molecule has 7 nitrogen and oxygen atoms in total. The van der Waals surface area contributed by atoms with Crippen LogP contribution in [0.3, 0.4) is 0 Å². The summed E-state index contributed by atoms with van der Waals surface area (Å²) in [5.41, 5.74) is 0.734. The topological polar surface area (TPSA) is 91.8 Å². The molecule has 0 fully saturated rings. The molecule has 0 aliphatic heterocycles. The molecule has 0 spiro atoms. The van der Waals surface area contributed by atoms with Gasteiger partial charge in [0.2, 0.25) is 0 Å². The monoisotopic (exact) mass is 385 g/mol. The maximum Gasteiger partial charge on any atom is 0.319 e. The summed E-state index contributed by atoms with van der Waals surface area (Å²) >= 11 is 0. The minimum Gasteiger partial charge on any atom is -0.487 e. The molecule has 1 unspecified atom stereocenters. The van der Waals surface area contributed by atoms with Gasteiger partial charge in [0.1, 0.15) is 19.3 Å². The third-order valence-electron chi connectivity index (χ3n) is 3.64. The molecule has 2 aromatic rings. The summed E-state index contributed by atoms with van der Waals surface area (Å²) < 4.78 is 11.1. The van der Waals surface area contributed by atoms with Crippen molar-refractivity contribution in [2.45, 2.75) is 6.10 Å². The summed E-state index contributed by atoms with van der Waals surface area (Å²) in [7, 11) is 0. The lowest BCUT2D eigenvalue weighted by molar-refractivity contribution is 0.104. The van der Waals surface area contributed by atoms with Gasteiger partial charge in [-0.25, -0.2) is 4.79 Å². The number of amides is 2. The van der Waals surface area contributed by atoms with Crippen LogP contribution in [-0.2, 0) is 0 Å². The molecular formula is C21H27N3O4. The van der Waals surface area contributed by atoms with Crippen LogP contribution in [0.15, 0.2) is 67.3 Å². The highest BCUT2D eigenvalue weighted by Gasteiger charge is 2.08. The summed E-state index contributed by atoms with van der Waals surface area (Å²) in [4.78, 5) is 11.7. The Labute approximate surface area is 165 Å². The molecule has 0 radical (unpaired) electrons. The summed E-state index contributed by atoms with van der Waals surface area (Å²) in [5, 5.41) is 18.6. The molecule has 28 heavy (non-hydrogen) atoms. The van der Waals surface area contributed by atoms with Gasteiger partial charge in [0.25, 0.3) is 0 Å². The number of hydrogen-bond donors (Lipinski definition) is 4. The van der Waals surface area contributed by atoms with Crippen molar-refractivity contribution >= 4 is 11.7 Å². The number of benzene rings is 2. The van der Waals surface area contributed by atoms with Crippen LogP contribution in [0, 0.1) is 0 Å². The van der Waals surface area contributed by atoms with Crippen LogP contribution < -0.4 is 25.4 Å². The number of aliphatic hydroxyl groups excluding tert-OH is 1. The van der Waals surface area contributed by atoms with Gasteiger partial charge in [-0.2, -0.15) is 0 Å². The average molecular weight is 385 g/mol. The second-order valence-corrected chi connectivity index (χ2v) is 5.96. The van der Waals surface area contributed by atoms with Crippen molar-refractivity contribution in [1.82, 2.24) is 10.6 Å². The number of para-hydroxylation sites is 3. The molecule has 2 aromatic carbocycles. The lowest BCUT2D eigenvalue weighted by Crippen LogP contribution is -2.38. The fourth-order valence-corrected chi connectivity index (χ4v) is 2.31. The van der Waals surface area contributed by atoms with Gasteiger partial charge >= 0.3 is 6.03 Å². The molecule has 0 heterocycles. The Morgan fingerprint density at radius 3 is 2.43 bits per heavy atom. The third-order valence-corrected chi connectivity index (χ3v) is 3.64. The molecule has 2 rings (SSSR count). The Morgan fingerprint density at radius 1 is 1.04 bits per heavy atom. The van der Waals surface area contributed by atoms with Crippen LogP contribution in [-0.4, -0.2) is 50.1 Å². The normalized spacial score (nSPS) is 11.3. The lowest BCUT2D eigenvalue weighted by atomic mass is 10.3. The van der Waals surface area contributed by atoms with Crippen molar-refractivity contribution in [2.24, 2.45) is 0 Å². The van der Waals surface area contributed by atoms with Crippen molar-refractivity contribution in [3.05, 3.63) is 67.3 Å². The van der Waals surface area contributed by atoms with Crippen molar-refractivity contribution in [3.8, 4) is 11.5 Å². The van der Waals surface area contributed by atoms with Crippen LogP contribution in [0.5, 0.6) is 11.5 Å². The maximum absolute atomic E-state index is 11.7. The van der Waals surface area contributed by atoms with Gasteiger partial charge in [-0.1, -0.05) is 43.0 Å². The van der Waals surface area contributed by atoms with E-state index in [1.165, 1.54) is 0 Å². The van der Waals surface area contributed by atoms with Gasteiger partial charge in [-0.05, 0) is 24.3 Å². The van der Waals surface area contributed by atoms with Crippen LogP contribution in [0.2, 0.25) is 0 Å². The highest BCUT2D eigenvalue weighted by atomic mass is 16.5. The van der Waals surface area contributed by atoms with Gasteiger partial charge in [-0.15, -0.1) is 0 Å². The van der Waals surface area contributed by atoms with Crippen molar-refractivity contribution < 1.29 is 19.4 Å². The molecule has 0 bridgehead atoms. The molecule has 0 aromatic heterocycles. The fourth-order valence-electron chi connectivity index (χ4n) is 2.31. The number of hydrogen-bond acceptors (Lipinski definition) is 5. The molecular weight excluding hydrogens is 358 g/mol. The van der Waals surface area contributed by atoms with Crippen LogP contribution in [0.4, 0.5) is 10.5 Å². The molecule has 2 amide bonds. The minimum absolute atomic E-state index is 0.128. The van der Waals surface area contributed by atoms with E-state index in [1.807, 2.05) is 42.5 Å². The number of carbonyl (C=O) groups excluding carboxylic acids is 1. The van der Waals surface area contributed by atoms with Crippen molar-refractivity contribution in [3.63, 3.8) is 0 Å². The molecule has 7 heteroatoms. The van der Waals surface area contributed by atoms with E-state index >= 15 is 0 Å². The average Bonchev–Trinajstić information content (AvgIpc) is 2.71. The van der Waals surface area contributed by atoms with E-state index in [9.17, 15) is 9.90 Å². The van der Waals surface area contributed by atoms with E-state index in [1.54, 1.807) is 18.2 Å². The molecule has 1 atom stereocenters. The van der Waals surface area contributed by atoms with E-state index in [2.05, 4.69) is 22.5 Å². The summed E-state index contributed by atoms with van der Waals surface area (Å²) in [6.45, 7) is 5.43. The van der Waals surface area contributed by atoms with E-state index in [-0.39, 0.29) is 12.6 Å². The predicted octanol–water partition coefficient (Wildman–Crippen LogP) is 2.40. The van der Waals surface area contributed by atoms with E-state index in [0.29, 0.717) is 37.7 Å². The Bertz CT molecular complexity index is 725. The Morgan fingerprint density at radius 2 is 1.71 bits per heavy atom. The SMILES string of the molecule is C=CCOc1ccccc1OCC(O)CNCCNC(=O)Nc1ccccc1. The van der Waals surface area contributed by atoms with Gasteiger partial charge < -0.3 is 30.5 Å². The smallest absolute Gasteiger partial charge is 0.319 e. The first-order valence-electron chi connectivity index (χ1n) is 9.13. The summed E-state index contributed by atoms with van der Waals surface area (Å²) in [6.07, 6.45) is 0.967. The first kappa shape index (κ1) is 21.3. The van der Waals surface area contributed by atoms with E-state index in [4.69, 9.17) is 9.47 Å². The zero-order valence-electron chi connectivity index (χ0n) is 15.8. The predicted molar refractivity (Wildman–Crippen MR) is 110 cm³/mol. The summed E-state index contributed by atoms with van der Waals surface area (Å²) in [6, 6.07) is 16.2. The third kappa shape index (κ3) is 8.11. The zero-order chi connectivity index (χ0) is 20.0. The molecule has 0 aliphatic carbocycles. The molecule has 0 saturated carbocycles. The highest BCUT2D eigenvalue weighted by molar-refractivity contribution is 5.89. The number of carbonyl (C=O) groups is 1. The molecule has 0 aliphatic rings. The number of urea groups is 1. The van der Waals surface area contributed by atoms with E-state index in [0.717, 1.165) is 5.69 Å². The van der Waals surface area contributed by atoms with Gasteiger partial charge in [0.05, 0.1) is 0 Å². The second-order valence-electron chi connectivity index (χ2n) is 5.96. The van der Waals surface area contributed by atoms with Crippen LogP contribution >= 0.6 is 0 Å². The highest BCUT2D eigenvalue weighted by Crippen LogP contribution is 2.26. The van der Waals surface area contributed by atoms with Crippen LogP contribution in [0.1, 0.15) is 0 Å². The standard InChI is InChI=1S/C21H27N3O4/c1-2-14-27-19-10-6-7-11-20(19)28-16-18(25)15-22-12-13-23-21(26)24-17-8-4-3-5-9-17/h2-11,18,22,25H,1,12-16H2,(H2,23,24,26). The lowest BCUT2D eigenvalue weighted by Gasteiger charge is -2.15. The quantitative estimate of drug-likeness (QED) is 0.333. The number of rotatable bonds is 12. The summed E-state index contributed by atoms with van der Waals surface area (Å²) in [5.74, 6) is 1.18. The first-order chi connectivity index (χ1) is 13.7. The molecule has 0 saturated heterocycles. The van der Waals surface area contributed by atoms with Gasteiger partial charge in [0.15, 0.2) is 11.5 Å². The first-order valence-corrected chi connectivity index (χ1v) is 9.13. The molecule has 4 N–H and O–H groups in total. The van der Waals surface area contributed by atoms with Crippen molar-refractivity contribution in [2.75, 3.05) is 38.2 Å². The van der Waals surface area contributed by atoms with Crippen molar-refractivity contribution in [1.29, 1.82) is 0 Å². The Balaban J connectivity index is 1.58. The largest absolute Gasteiger partial charge is 0.487 e.